The summed E-state index contributed by atoms with van der Waals surface area (Å²) in [5, 5.41) is 6.08. The van der Waals surface area contributed by atoms with Crippen LogP contribution in [0, 0.1) is 0 Å². The van der Waals surface area contributed by atoms with Crippen molar-refractivity contribution in [2.45, 2.75) is 6.92 Å². The summed E-state index contributed by atoms with van der Waals surface area (Å²) in [4.78, 5) is 21.5. The summed E-state index contributed by atoms with van der Waals surface area (Å²) < 4.78 is 4.63. The highest BCUT2D eigenvalue weighted by atomic mass is 16.5. The summed E-state index contributed by atoms with van der Waals surface area (Å²) in [5.41, 5.74) is 0.146. The van der Waals surface area contributed by atoms with E-state index in [2.05, 4.69) is 14.9 Å². The molecule has 0 atom stereocenters. The van der Waals surface area contributed by atoms with E-state index in [9.17, 15) is 9.59 Å². The molecule has 0 aromatic carbocycles. The minimum atomic E-state index is -0.693. The number of H-pyrrole nitrogens is 1. The first kappa shape index (κ1) is 9.22. The van der Waals surface area contributed by atoms with Gasteiger partial charge in [0.1, 0.15) is 5.94 Å². The van der Waals surface area contributed by atoms with Gasteiger partial charge in [0.2, 0.25) is 0 Å². The molecule has 13 heavy (non-hydrogen) atoms. The molecule has 0 spiro atoms. The lowest BCUT2D eigenvalue weighted by molar-refractivity contribution is -0.136. The Hall–Kier alpha value is -1.87. The molecule has 1 rings (SSSR count). The molecule has 0 amide bonds. The van der Waals surface area contributed by atoms with E-state index in [0.29, 0.717) is 5.69 Å². The standard InChI is InChI=1S/C8H8N2O3/c1-2-13-8(12)6(5-11)7-3-4-9-10-7/h3-4H,2H2,1H3,(H,9,10). The molecule has 0 fully saturated rings. The summed E-state index contributed by atoms with van der Waals surface area (Å²) in [6.45, 7) is 1.88. The second-order valence-corrected chi connectivity index (χ2v) is 2.17. The van der Waals surface area contributed by atoms with Crippen molar-refractivity contribution in [3.63, 3.8) is 0 Å². The first-order valence-corrected chi connectivity index (χ1v) is 3.71. The molecule has 0 aliphatic heterocycles. The van der Waals surface area contributed by atoms with Crippen LogP contribution in [0.15, 0.2) is 12.3 Å². The fourth-order valence-corrected chi connectivity index (χ4v) is 0.805. The average molecular weight is 180 g/mol. The van der Waals surface area contributed by atoms with Crippen LogP contribution in [-0.2, 0) is 14.3 Å². The smallest absolute Gasteiger partial charge is 0.351 e. The van der Waals surface area contributed by atoms with Gasteiger partial charge in [0.05, 0.1) is 12.3 Å². The molecular weight excluding hydrogens is 172 g/mol. The molecule has 0 aliphatic carbocycles. The summed E-state index contributed by atoms with van der Waals surface area (Å²) in [5.74, 6) is 0.817. The van der Waals surface area contributed by atoms with Gasteiger partial charge in [0, 0.05) is 6.20 Å². The van der Waals surface area contributed by atoms with Crippen LogP contribution in [-0.4, -0.2) is 28.7 Å². The topological polar surface area (TPSA) is 72.1 Å². The first-order valence-electron chi connectivity index (χ1n) is 3.71. The van der Waals surface area contributed by atoms with E-state index < -0.39 is 5.97 Å². The van der Waals surface area contributed by atoms with Gasteiger partial charge in [-0.2, -0.15) is 5.10 Å². The van der Waals surface area contributed by atoms with Crippen LogP contribution in [0.3, 0.4) is 0 Å². The summed E-state index contributed by atoms with van der Waals surface area (Å²) in [7, 11) is 0. The van der Waals surface area contributed by atoms with E-state index in [-0.39, 0.29) is 12.2 Å². The molecule has 5 nitrogen and oxygen atoms in total. The van der Waals surface area contributed by atoms with Gasteiger partial charge in [-0.25, -0.2) is 9.59 Å². The molecule has 0 radical (unpaired) electrons. The fourth-order valence-electron chi connectivity index (χ4n) is 0.805. The maximum Gasteiger partial charge on any atom is 0.351 e. The zero-order valence-corrected chi connectivity index (χ0v) is 7.03. The average Bonchev–Trinajstić information content (AvgIpc) is 2.59. The Bertz CT molecular complexity index is 336. The third-order valence-electron chi connectivity index (χ3n) is 1.35. The second kappa shape index (κ2) is 4.23. The quantitative estimate of drug-likeness (QED) is 0.409. The highest BCUT2D eigenvalue weighted by molar-refractivity contribution is 6.24. The highest BCUT2D eigenvalue weighted by Crippen LogP contribution is 2.08. The van der Waals surface area contributed by atoms with Gasteiger partial charge in [-0.1, -0.05) is 0 Å². The van der Waals surface area contributed by atoms with Gasteiger partial charge in [-0.05, 0) is 13.0 Å². The Morgan fingerprint density at radius 1 is 1.77 bits per heavy atom. The summed E-state index contributed by atoms with van der Waals surface area (Å²) in [6, 6.07) is 1.50. The number of ether oxygens (including phenoxy) is 1. The van der Waals surface area contributed by atoms with Crippen molar-refractivity contribution >= 4 is 17.5 Å². The van der Waals surface area contributed by atoms with Gasteiger partial charge in [-0.15, -0.1) is 0 Å². The monoisotopic (exact) mass is 180 g/mol. The number of carbonyl (C=O) groups is 1. The van der Waals surface area contributed by atoms with Crippen LogP contribution < -0.4 is 0 Å². The Balaban J connectivity index is 2.88. The van der Waals surface area contributed by atoms with Crippen LogP contribution in [0.4, 0.5) is 0 Å². The van der Waals surface area contributed by atoms with Crippen LogP contribution in [0.25, 0.3) is 5.57 Å². The van der Waals surface area contributed by atoms with Crippen LogP contribution in [0.2, 0.25) is 0 Å². The molecule has 0 saturated heterocycles. The zero-order chi connectivity index (χ0) is 9.68. The van der Waals surface area contributed by atoms with Crippen molar-refractivity contribution in [1.82, 2.24) is 10.2 Å². The third-order valence-corrected chi connectivity index (χ3v) is 1.35. The lowest BCUT2D eigenvalue weighted by Gasteiger charge is -1.99. The predicted octanol–water partition coefficient (Wildman–Crippen LogP) is 0.188. The first-order chi connectivity index (χ1) is 6.29. The number of hydrogen-bond donors (Lipinski definition) is 1. The Morgan fingerprint density at radius 2 is 2.54 bits per heavy atom. The molecule has 0 unspecified atom stereocenters. The normalized spacial score (nSPS) is 9.00. The second-order valence-electron chi connectivity index (χ2n) is 2.17. The lowest BCUT2D eigenvalue weighted by Crippen LogP contribution is -2.07. The number of nitrogens with one attached hydrogen (secondary N) is 1. The number of nitrogens with zero attached hydrogens (tertiary/aromatic N) is 1. The molecule has 0 bridgehead atoms. The largest absolute Gasteiger partial charge is 0.462 e. The van der Waals surface area contributed by atoms with Gasteiger partial charge in [-0.3, -0.25) is 5.10 Å². The molecule has 5 heteroatoms. The predicted molar refractivity (Wildman–Crippen MR) is 44.3 cm³/mol. The lowest BCUT2D eigenvalue weighted by atomic mass is 10.2. The number of aromatic nitrogens is 2. The number of rotatable bonds is 3. The fraction of sp³-hybridized carbons (Fsp3) is 0.250. The number of carbonyl (C=O) groups excluding carboxylic acids is 2. The van der Waals surface area contributed by atoms with Crippen molar-refractivity contribution < 1.29 is 14.3 Å². The minimum Gasteiger partial charge on any atom is -0.462 e. The Labute approximate surface area is 74.4 Å². The van der Waals surface area contributed by atoms with Crippen molar-refractivity contribution in [2.24, 2.45) is 0 Å². The van der Waals surface area contributed by atoms with E-state index in [0.717, 1.165) is 0 Å². The van der Waals surface area contributed by atoms with Gasteiger partial charge < -0.3 is 4.74 Å². The van der Waals surface area contributed by atoms with Crippen LogP contribution >= 0.6 is 0 Å². The van der Waals surface area contributed by atoms with Gasteiger partial charge >= 0.3 is 5.97 Å². The molecule has 1 aromatic heterocycles. The number of esters is 1. The van der Waals surface area contributed by atoms with E-state index >= 15 is 0 Å². The maximum atomic E-state index is 11.1. The highest BCUT2D eigenvalue weighted by Gasteiger charge is 2.15. The summed E-state index contributed by atoms with van der Waals surface area (Å²) in [6.07, 6.45) is 1.44. The number of hydrogen-bond acceptors (Lipinski definition) is 4. The molecule has 68 valence electrons. The molecule has 1 N–H and O–H groups in total. The van der Waals surface area contributed by atoms with Crippen LogP contribution in [0.1, 0.15) is 12.6 Å². The Morgan fingerprint density at radius 3 is 3.00 bits per heavy atom. The molecular formula is C8H8N2O3. The minimum absolute atomic E-state index is 0.167. The van der Waals surface area contributed by atoms with E-state index in [4.69, 9.17) is 0 Å². The van der Waals surface area contributed by atoms with Crippen molar-refractivity contribution in [3.05, 3.63) is 18.0 Å². The molecule has 1 heterocycles. The van der Waals surface area contributed by atoms with Crippen molar-refractivity contribution in [2.75, 3.05) is 6.61 Å². The number of aromatic amines is 1. The van der Waals surface area contributed by atoms with Crippen LogP contribution in [0.5, 0.6) is 0 Å². The van der Waals surface area contributed by atoms with Gasteiger partial charge in [0.25, 0.3) is 0 Å². The van der Waals surface area contributed by atoms with Crippen molar-refractivity contribution in [3.8, 4) is 0 Å². The Kier molecular flexibility index (Phi) is 3.00. The van der Waals surface area contributed by atoms with E-state index in [1.807, 2.05) is 0 Å². The molecule has 1 aromatic rings. The maximum absolute atomic E-state index is 11.1. The van der Waals surface area contributed by atoms with Gasteiger partial charge in [0.15, 0.2) is 5.57 Å². The summed E-state index contributed by atoms with van der Waals surface area (Å²) >= 11 is 0. The molecule has 0 saturated carbocycles. The third kappa shape index (κ3) is 2.04. The van der Waals surface area contributed by atoms with E-state index in [1.54, 1.807) is 6.92 Å². The van der Waals surface area contributed by atoms with Crippen molar-refractivity contribution in [1.29, 1.82) is 0 Å². The molecule has 0 aliphatic rings. The SMILES string of the molecule is CCOC(=O)C(=C=O)c1ccn[nH]1. The zero-order valence-electron chi connectivity index (χ0n) is 7.03. The van der Waals surface area contributed by atoms with E-state index in [1.165, 1.54) is 18.2 Å².